The van der Waals surface area contributed by atoms with Gasteiger partial charge in [-0.15, -0.1) is 0 Å². The van der Waals surface area contributed by atoms with Crippen LogP contribution in [0.15, 0.2) is 12.1 Å². The highest BCUT2D eigenvalue weighted by Gasteiger charge is 2.29. The summed E-state index contributed by atoms with van der Waals surface area (Å²) in [6.45, 7) is 1.07. The van der Waals surface area contributed by atoms with E-state index in [1.54, 1.807) is 0 Å². The van der Waals surface area contributed by atoms with Gasteiger partial charge in [-0.3, -0.25) is 0 Å². The topological polar surface area (TPSA) is 73.4 Å². The first-order chi connectivity index (χ1) is 9.89. The minimum atomic E-state index is -1.39. The predicted octanol–water partition coefficient (Wildman–Crippen LogP) is 1.34. The van der Waals surface area contributed by atoms with E-state index in [0.29, 0.717) is 25.1 Å². The van der Waals surface area contributed by atoms with Crippen molar-refractivity contribution in [2.24, 2.45) is 0 Å². The van der Waals surface area contributed by atoms with E-state index in [2.05, 4.69) is 10.6 Å². The Balaban J connectivity index is 1.93. The minimum Gasteiger partial charge on any atom is -0.387 e. The van der Waals surface area contributed by atoms with Gasteiger partial charge in [-0.25, -0.2) is 18.0 Å². The van der Waals surface area contributed by atoms with Gasteiger partial charge in [-0.2, -0.15) is 0 Å². The molecule has 2 rings (SSSR count). The molecule has 1 aliphatic rings. The summed E-state index contributed by atoms with van der Waals surface area (Å²) >= 11 is 0. The number of hydrogen-bond acceptors (Lipinski definition) is 3. The quantitative estimate of drug-likeness (QED) is 0.637. The van der Waals surface area contributed by atoms with Crippen molar-refractivity contribution >= 4 is 11.7 Å². The molecular formula is C13H16F3N3O2. The molecule has 2 amide bonds. The molecule has 116 valence electrons. The molecule has 0 saturated carbocycles. The Morgan fingerprint density at radius 1 is 1.38 bits per heavy atom. The van der Waals surface area contributed by atoms with Gasteiger partial charge in [0.2, 0.25) is 0 Å². The Labute approximate surface area is 119 Å². The number of nitrogens with one attached hydrogen (secondary N) is 3. The lowest BCUT2D eigenvalue weighted by Crippen LogP contribution is -2.53. The molecule has 8 heteroatoms. The van der Waals surface area contributed by atoms with Gasteiger partial charge in [0, 0.05) is 25.2 Å². The summed E-state index contributed by atoms with van der Waals surface area (Å²) in [5.74, 6) is -3.73. The van der Waals surface area contributed by atoms with Crippen molar-refractivity contribution in [2.45, 2.75) is 18.4 Å². The van der Waals surface area contributed by atoms with Crippen molar-refractivity contribution in [1.82, 2.24) is 10.6 Å². The number of aliphatic hydroxyl groups is 1. The number of carbonyl (C=O) groups excluding carboxylic acids is 1. The normalized spacial score (nSPS) is 21.9. The number of piperidine rings is 1. The number of carbonyl (C=O) groups is 1. The number of halogens is 3. The Morgan fingerprint density at radius 2 is 2.14 bits per heavy atom. The maximum Gasteiger partial charge on any atom is 0.319 e. The maximum absolute atomic E-state index is 13.4. The Hall–Kier alpha value is -1.80. The maximum atomic E-state index is 13.4. The lowest BCUT2D eigenvalue weighted by atomic mass is 9.94. The summed E-state index contributed by atoms with van der Waals surface area (Å²) in [6, 6.07) is 0.210. The predicted molar refractivity (Wildman–Crippen MR) is 70.4 cm³/mol. The SMILES string of the molecule is O=C(NC[C@@]1(O)CCCNC1)Nc1cc(F)cc(F)c1F. The minimum absolute atomic E-state index is 0.0503. The van der Waals surface area contributed by atoms with Crippen molar-refractivity contribution in [3.05, 3.63) is 29.6 Å². The van der Waals surface area contributed by atoms with E-state index in [1.165, 1.54) is 0 Å². The van der Waals surface area contributed by atoms with Gasteiger partial charge >= 0.3 is 6.03 Å². The molecule has 4 N–H and O–H groups in total. The molecule has 1 atom stereocenters. The average molecular weight is 303 g/mol. The fourth-order valence-electron chi connectivity index (χ4n) is 2.16. The molecule has 1 aromatic carbocycles. The summed E-state index contributed by atoms with van der Waals surface area (Å²) in [4.78, 5) is 11.6. The Bertz CT molecular complexity index is 534. The molecule has 0 bridgehead atoms. The highest BCUT2D eigenvalue weighted by Crippen LogP contribution is 2.19. The second kappa shape index (κ2) is 6.31. The summed E-state index contributed by atoms with van der Waals surface area (Å²) in [7, 11) is 0. The monoisotopic (exact) mass is 303 g/mol. The average Bonchev–Trinajstić information content (AvgIpc) is 2.43. The fraction of sp³-hybridized carbons (Fsp3) is 0.462. The van der Waals surface area contributed by atoms with Crippen LogP contribution in [0, 0.1) is 17.5 Å². The van der Waals surface area contributed by atoms with Crippen LogP contribution in [0.4, 0.5) is 23.7 Å². The zero-order valence-electron chi connectivity index (χ0n) is 11.2. The third kappa shape index (κ3) is 4.08. The van der Waals surface area contributed by atoms with Crippen molar-refractivity contribution in [1.29, 1.82) is 0 Å². The number of amides is 2. The van der Waals surface area contributed by atoms with Crippen LogP contribution in [0.25, 0.3) is 0 Å². The van der Waals surface area contributed by atoms with Crippen LogP contribution in [0.1, 0.15) is 12.8 Å². The third-order valence-electron chi connectivity index (χ3n) is 3.27. The van der Waals surface area contributed by atoms with Gasteiger partial charge in [0.1, 0.15) is 5.82 Å². The molecule has 0 aromatic heterocycles. The lowest BCUT2D eigenvalue weighted by molar-refractivity contribution is 0.0198. The highest BCUT2D eigenvalue weighted by molar-refractivity contribution is 5.89. The van der Waals surface area contributed by atoms with Gasteiger partial charge in [0.05, 0.1) is 11.3 Å². The molecule has 1 aliphatic heterocycles. The fourth-order valence-corrected chi connectivity index (χ4v) is 2.16. The lowest BCUT2D eigenvalue weighted by Gasteiger charge is -2.32. The number of rotatable bonds is 3. The van der Waals surface area contributed by atoms with Gasteiger partial charge in [-0.1, -0.05) is 0 Å². The van der Waals surface area contributed by atoms with Crippen LogP contribution in [0.5, 0.6) is 0 Å². The number of anilines is 1. The largest absolute Gasteiger partial charge is 0.387 e. The zero-order valence-corrected chi connectivity index (χ0v) is 11.2. The summed E-state index contributed by atoms with van der Waals surface area (Å²) in [5, 5.41) is 17.5. The number of hydrogen-bond donors (Lipinski definition) is 4. The Morgan fingerprint density at radius 3 is 2.81 bits per heavy atom. The van der Waals surface area contributed by atoms with E-state index < -0.39 is 34.8 Å². The van der Waals surface area contributed by atoms with Crippen molar-refractivity contribution < 1.29 is 23.1 Å². The molecule has 0 radical (unpaired) electrons. The molecule has 1 fully saturated rings. The molecule has 21 heavy (non-hydrogen) atoms. The standard InChI is InChI=1S/C13H16F3N3O2/c14-8-4-9(15)11(16)10(5-8)19-12(20)18-7-13(21)2-1-3-17-6-13/h4-5,17,21H,1-3,6-7H2,(H2,18,19,20)/t13-/m1/s1. The van der Waals surface area contributed by atoms with Gasteiger partial charge in [0.25, 0.3) is 0 Å². The first-order valence-electron chi connectivity index (χ1n) is 6.52. The number of urea groups is 1. The zero-order chi connectivity index (χ0) is 15.5. The van der Waals surface area contributed by atoms with Crippen LogP contribution in [-0.4, -0.2) is 36.4 Å². The Kier molecular flexibility index (Phi) is 4.69. The van der Waals surface area contributed by atoms with Crippen LogP contribution in [0.3, 0.4) is 0 Å². The summed E-state index contributed by atoms with van der Waals surface area (Å²) in [6.07, 6.45) is 1.28. The molecule has 1 aromatic rings. The van der Waals surface area contributed by atoms with E-state index >= 15 is 0 Å². The van der Waals surface area contributed by atoms with Crippen LogP contribution < -0.4 is 16.0 Å². The van der Waals surface area contributed by atoms with E-state index in [4.69, 9.17) is 0 Å². The van der Waals surface area contributed by atoms with E-state index in [0.717, 1.165) is 13.0 Å². The van der Waals surface area contributed by atoms with Crippen molar-refractivity contribution in [3.63, 3.8) is 0 Å². The van der Waals surface area contributed by atoms with Gasteiger partial charge in [-0.05, 0) is 19.4 Å². The molecular weight excluding hydrogens is 287 g/mol. The molecule has 1 saturated heterocycles. The summed E-state index contributed by atoms with van der Waals surface area (Å²) in [5.41, 5.74) is -1.68. The molecule has 0 aliphatic carbocycles. The highest BCUT2D eigenvalue weighted by atomic mass is 19.2. The smallest absolute Gasteiger partial charge is 0.319 e. The second-order valence-corrected chi connectivity index (χ2v) is 5.06. The first-order valence-corrected chi connectivity index (χ1v) is 6.52. The molecule has 5 nitrogen and oxygen atoms in total. The van der Waals surface area contributed by atoms with Gasteiger partial charge in [0.15, 0.2) is 11.6 Å². The molecule has 1 heterocycles. The molecule has 0 unspecified atom stereocenters. The number of benzene rings is 1. The second-order valence-electron chi connectivity index (χ2n) is 5.06. The van der Waals surface area contributed by atoms with E-state index in [9.17, 15) is 23.1 Å². The van der Waals surface area contributed by atoms with Gasteiger partial charge < -0.3 is 21.1 Å². The first kappa shape index (κ1) is 15.6. The summed E-state index contributed by atoms with van der Waals surface area (Å²) < 4.78 is 39.3. The van der Waals surface area contributed by atoms with Crippen LogP contribution >= 0.6 is 0 Å². The third-order valence-corrected chi connectivity index (χ3v) is 3.27. The van der Waals surface area contributed by atoms with E-state index in [1.807, 2.05) is 5.32 Å². The van der Waals surface area contributed by atoms with Crippen molar-refractivity contribution in [2.75, 3.05) is 25.0 Å². The van der Waals surface area contributed by atoms with Crippen LogP contribution in [0.2, 0.25) is 0 Å². The van der Waals surface area contributed by atoms with E-state index in [-0.39, 0.29) is 6.54 Å². The van der Waals surface area contributed by atoms with Crippen molar-refractivity contribution in [3.8, 4) is 0 Å². The van der Waals surface area contributed by atoms with Crippen LogP contribution in [-0.2, 0) is 0 Å². The molecule has 0 spiro atoms. The number of β-amino-alcohol motifs (C(OH)–C–C–N with tert-alkyl or cyclic N) is 1.